The van der Waals surface area contributed by atoms with Crippen molar-refractivity contribution in [3.63, 3.8) is 0 Å². The summed E-state index contributed by atoms with van der Waals surface area (Å²) in [4.78, 5) is 24.0. The number of carbonyl (C=O) groups is 2. The number of para-hydroxylation sites is 1. The molecule has 1 heterocycles. The number of hydrogen-bond acceptors (Lipinski definition) is 7. The Balaban J connectivity index is 1.42. The fraction of sp³-hybridized carbons (Fsp3) is 0.636. The van der Waals surface area contributed by atoms with Gasteiger partial charge in [-0.05, 0) is 62.6 Å². The summed E-state index contributed by atoms with van der Waals surface area (Å²) in [6, 6.07) is 5.23. The Bertz CT molecular complexity index is 928. The maximum atomic E-state index is 12.7. The summed E-state index contributed by atoms with van der Waals surface area (Å²) < 4.78 is 27.9. The number of carboxylic acid groups (broad SMARTS) is 1. The molecule has 0 spiro atoms. The molecule has 1 aliphatic heterocycles. The second kappa shape index (κ2) is 10.8. The molecule has 8 nitrogen and oxygen atoms in total. The molecule has 0 aromatic heterocycles. The summed E-state index contributed by atoms with van der Waals surface area (Å²) in [6.45, 7) is 0.686. The highest BCUT2D eigenvalue weighted by Crippen LogP contribution is 2.37. The highest BCUT2D eigenvalue weighted by Gasteiger charge is 2.38. The Kier molecular flexibility index (Phi) is 8.35. The molecule has 0 bridgehead atoms. The van der Waals surface area contributed by atoms with Crippen LogP contribution in [0, 0.1) is 5.92 Å². The molecule has 1 atom stereocenters. The molecule has 32 heavy (non-hydrogen) atoms. The summed E-state index contributed by atoms with van der Waals surface area (Å²) in [5, 5.41) is 23.1. The molecule has 0 unspecified atom stereocenters. The standard InChI is InChI=1S/C22H32BNO7S/c1-32(29,30)11-3-10-24-18-8-6-15(7-9-18)12-19(25)14-17-13-16-4-2-5-20(22(26)27)21(16)31-23(17)28/h2,4-5,15,17-18,24,28H,3,6-14H2,1H3,(H,26,27)/t15?,17-,18?/m1/s1. The summed E-state index contributed by atoms with van der Waals surface area (Å²) in [5.74, 6) is -0.679. The molecule has 1 saturated carbocycles. The van der Waals surface area contributed by atoms with Gasteiger partial charge in [0.1, 0.15) is 21.4 Å². The first kappa shape index (κ1) is 24.7. The first-order valence-electron chi connectivity index (χ1n) is 11.2. The van der Waals surface area contributed by atoms with Crippen molar-refractivity contribution in [1.29, 1.82) is 0 Å². The zero-order valence-corrected chi connectivity index (χ0v) is 19.3. The van der Waals surface area contributed by atoms with Crippen LogP contribution in [0.5, 0.6) is 5.75 Å². The SMILES string of the molecule is CS(=O)(=O)CCCNC1CCC(CC(=O)C[C@H]2Cc3cccc(C(=O)O)c3OB2O)CC1. The van der Waals surface area contributed by atoms with E-state index in [2.05, 4.69) is 5.32 Å². The summed E-state index contributed by atoms with van der Waals surface area (Å²) >= 11 is 0. The monoisotopic (exact) mass is 465 g/mol. The van der Waals surface area contributed by atoms with Crippen molar-refractivity contribution in [3.8, 4) is 5.75 Å². The zero-order valence-electron chi connectivity index (χ0n) is 18.5. The van der Waals surface area contributed by atoms with Crippen molar-refractivity contribution in [1.82, 2.24) is 5.32 Å². The molecule has 176 valence electrons. The molecule has 3 N–H and O–H groups in total. The summed E-state index contributed by atoms with van der Waals surface area (Å²) in [7, 11) is -4.11. The van der Waals surface area contributed by atoms with Crippen LogP contribution in [-0.4, -0.2) is 62.0 Å². The third-order valence-electron chi connectivity index (χ3n) is 6.43. The van der Waals surface area contributed by atoms with Crippen molar-refractivity contribution >= 4 is 28.7 Å². The lowest BCUT2D eigenvalue weighted by molar-refractivity contribution is -0.120. The van der Waals surface area contributed by atoms with Crippen LogP contribution in [0.2, 0.25) is 5.82 Å². The Morgan fingerprint density at radius 1 is 1.19 bits per heavy atom. The van der Waals surface area contributed by atoms with Gasteiger partial charge in [0.2, 0.25) is 0 Å². The lowest BCUT2D eigenvalue weighted by Gasteiger charge is -2.30. The lowest BCUT2D eigenvalue weighted by Crippen LogP contribution is -2.36. The van der Waals surface area contributed by atoms with Crippen LogP contribution in [0.1, 0.15) is 60.9 Å². The minimum atomic E-state index is -2.92. The van der Waals surface area contributed by atoms with E-state index in [9.17, 15) is 28.1 Å². The van der Waals surface area contributed by atoms with E-state index in [1.165, 1.54) is 12.3 Å². The minimum absolute atomic E-state index is 0.0213. The first-order valence-corrected chi connectivity index (χ1v) is 13.3. The molecule has 3 rings (SSSR count). The third-order valence-corrected chi connectivity index (χ3v) is 7.46. The van der Waals surface area contributed by atoms with Crippen molar-refractivity contribution in [2.75, 3.05) is 18.6 Å². The van der Waals surface area contributed by atoms with Gasteiger partial charge in [0.05, 0.1) is 11.3 Å². The quantitative estimate of drug-likeness (QED) is 0.354. The van der Waals surface area contributed by atoms with Crippen LogP contribution in [-0.2, 0) is 21.1 Å². The number of ketones is 1. The van der Waals surface area contributed by atoms with Crippen molar-refractivity contribution in [2.24, 2.45) is 5.92 Å². The van der Waals surface area contributed by atoms with Gasteiger partial charge in [-0.1, -0.05) is 12.1 Å². The molecule has 1 fully saturated rings. The Morgan fingerprint density at radius 3 is 2.56 bits per heavy atom. The number of benzene rings is 1. The third kappa shape index (κ3) is 7.05. The topological polar surface area (TPSA) is 130 Å². The molecule has 2 aliphatic rings. The van der Waals surface area contributed by atoms with Gasteiger partial charge in [0.25, 0.3) is 0 Å². The average Bonchev–Trinajstić information content (AvgIpc) is 2.71. The van der Waals surface area contributed by atoms with E-state index in [1.807, 2.05) is 0 Å². The van der Waals surface area contributed by atoms with Gasteiger partial charge in [0.15, 0.2) is 0 Å². The molecular weight excluding hydrogens is 433 g/mol. The number of rotatable bonds is 10. The van der Waals surface area contributed by atoms with Gasteiger partial charge in [-0.2, -0.15) is 0 Å². The fourth-order valence-corrected chi connectivity index (χ4v) is 5.40. The summed E-state index contributed by atoms with van der Waals surface area (Å²) in [6.07, 6.45) is 6.80. The van der Waals surface area contributed by atoms with Crippen molar-refractivity contribution in [3.05, 3.63) is 29.3 Å². The highest BCUT2D eigenvalue weighted by atomic mass is 32.2. The van der Waals surface area contributed by atoms with Crippen LogP contribution in [0.25, 0.3) is 0 Å². The van der Waals surface area contributed by atoms with E-state index in [-0.39, 0.29) is 35.1 Å². The van der Waals surface area contributed by atoms with Gasteiger partial charge in [-0.25, -0.2) is 13.2 Å². The minimum Gasteiger partial charge on any atom is -0.535 e. The second-order valence-electron chi connectivity index (χ2n) is 9.17. The normalized spacial score (nSPS) is 23.3. The number of hydrogen-bond donors (Lipinski definition) is 3. The Hall–Kier alpha value is -1.91. The van der Waals surface area contributed by atoms with E-state index in [1.54, 1.807) is 12.1 Å². The Labute approximate surface area is 189 Å². The average molecular weight is 465 g/mol. The number of fused-ring (bicyclic) bond motifs is 1. The molecule has 1 aromatic rings. The number of carboxylic acids is 1. The molecule has 0 radical (unpaired) electrons. The summed E-state index contributed by atoms with van der Waals surface area (Å²) in [5.41, 5.74) is 0.725. The van der Waals surface area contributed by atoms with Crippen LogP contribution in [0.4, 0.5) is 0 Å². The van der Waals surface area contributed by atoms with Gasteiger partial charge < -0.3 is 20.1 Å². The molecule has 0 saturated heterocycles. The molecule has 10 heteroatoms. The van der Waals surface area contributed by atoms with Crippen LogP contribution >= 0.6 is 0 Å². The maximum absolute atomic E-state index is 12.7. The maximum Gasteiger partial charge on any atom is 0.526 e. The van der Waals surface area contributed by atoms with Crippen LogP contribution in [0.3, 0.4) is 0 Å². The largest absolute Gasteiger partial charge is 0.535 e. The van der Waals surface area contributed by atoms with Gasteiger partial charge in [0, 0.05) is 31.0 Å². The van der Waals surface area contributed by atoms with E-state index in [4.69, 9.17) is 4.65 Å². The van der Waals surface area contributed by atoms with Gasteiger partial charge in [-0.15, -0.1) is 0 Å². The molecular formula is C22H32BNO7S. The molecule has 0 amide bonds. The number of Topliss-reactive ketones (excluding diaryl/α,β-unsaturated/α-hetero) is 1. The number of aromatic carboxylic acids is 1. The van der Waals surface area contributed by atoms with Crippen molar-refractivity contribution in [2.45, 2.75) is 63.2 Å². The number of carbonyl (C=O) groups excluding carboxylic acids is 1. The predicted molar refractivity (Wildman–Crippen MR) is 122 cm³/mol. The Morgan fingerprint density at radius 2 is 1.91 bits per heavy atom. The number of sulfone groups is 1. The van der Waals surface area contributed by atoms with E-state index in [0.29, 0.717) is 43.3 Å². The smallest absolute Gasteiger partial charge is 0.526 e. The zero-order chi connectivity index (χ0) is 23.3. The second-order valence-corrected chi connectivity index (χ2v) is 11.4. The van der Waals surface area contributed by atoms with Gasteiger partial charge in [-0.3, -0.25) is 4.79 Å². The van der Waals surface area contributed by atoms with Crippen LogP contribution < -0.4 is 9.97 Å². The number of nitrogens with one attached hydrogen (secondary N) is 1. The predicted octanol–water partition coefficient (Wildman–Crippen LogP) is 2.10. The van der Waals surface area contributed by atoms with Crippen LogP contribution in [0.15, 0.2) is 18.2 Å². The first-order chi connectivity index (χ1) is 15.1. The fourth-order valence-electron chi connectivity index (χ4n) is 4.74. The van der Waals surface area contributed by atoms with Crippen molar-refractivity contribution < 1.29 is 32.8 Å². The lowest BCUT2D eigenvalue weighted by atomic mass is 9.64. The highest BCUT2D eigenvalue weighted by molar-refractivity contribution is 7.90. The van der Waals surface area contributed by atoms with E-state index >= 15 is 0 Å². The van der Waals surface area contributed by atoms with E-state index in [0.717, 1.165) is 25.7 Å². The van der Waals surface area contributed by atoms with Gasteiger partial charge >= 0.3 is 13.1 Å². The molecule has 1 aromatic carbocycles. The van der Waals surface area contributed by atoms with E-state index < -0.39 is 22.9 Å². The molecule has 1 aliphatic carbocycles.